The molecule has 2 aromatic rings. The molecule has 0 fully saturated rings. The van der Waals surface area contributed by atoms with Crippen molar-refractivity contribution in [2.24, 2.45) is 0 Å². The third-order valence-electron chi connectivity index (χ3n) is 2.61. The van der Waals surface area contributed by atoms with E-state index in [0.29, 0.717) is 4.57 Å². The lowest BCUT2D eigenvalue weighted by Crippen LogP contribution is -2.23. The average Bonchev–Trinajstić information content (AvgIpc) is 2.82. The number of rotatable bonds is 2. The van der Waals surface area contributed by atoms with Crippen molar-refractivity contribution >= 4 is 11.5 Å². The number of carbonyl (C=O) groups is 1. The SMILES string of the molecule is C=C(C(=O)n1ccoc1=O)c1ccccc1C(F)(F)F. The summed E-state index contributed by atoms with van der Waals surface area (Å²) in [5.41, 5.74) is -1.81. The molecule has 1 aromatic carbocycles. The zero-order valence-corrected chi connectivity index (χ0v) is 9.98. The highest BCUT2D eigenvalue weighted by Crippen LogP contribution is 2.34. The molecule has 0 aliphatic rings. The third-order valence-corrected chi connectivity index (χ3v) is 2.61. The van der Waals surface area contributed by atoms with Gasteiger partial charge in [0.15, 0.2) is 0 Å². The molecule has 20 heavy (non-hydrogen) atoms. The number of oxazole rings is 1. The van der Waals surface area contributed by atoms with Crippen LogP contribution in [0.3, 0.4) is 0 Å². The van der Waals surface area contributed by atoms with Gasteiger partial charge in [-0.05, 0) is 11.6 Å². The molecule has 0 radical (unpaired) electrons. The van der Waals surface area contributed by atoms with Crippen molar-refractivity contribution in [3.8, 4) is 0 Å². The summed E-state index contributed by atoms with van der Waals surface area (Å²) in [6.07, 6.45) is -2.64. The second-order valence-corrected chi connectivity index (χ2v) is 3.87. The molecule has 0 unspecified atom stereocenters. The van der Waals surface area contributed by atoms with Gasteiger partial charge in [-0.1, -0.05) is 24.8 Å². The third kappa shape index (κ3) is 2.42. The molecule has 2 rings (SSSR count). The highest BCUT2D eigenvalue weighted by Gasteiger charge is 2.34. The fraction of sp³-hybridized carbons (Fsp3) is 0.0769. The predicted octanol–water partition coefficient (Wildman–Crippen LogP) is 2.81. The Kier molecular flexibility index (Phi) is 3.35. The van der Waals surface area contributed by atoms with Crippen LogP contribution >= 0.6 is 0 Å². The van der Waals surface area contributed by atoms with Gasteiger partial charge in [-0.3, -0.25) is 4.79 Å². The Bertz CT molecular complexity index is 725. The predicted molar refractivity (Wildman–Crippen MR) is 64.1 cm³/mol. The number of hydrogen-bond donors (Lipinski definition) is 0. The van der Waals surface area contributed by atoms with E-state index in [0.717, 1.165) is 24.6 Å². The molecule has 0 amide bonds. The van der Waals surface area contributed by atoms with Crippen molar-refractivity contribution in [3.05, 3.63) is 65.0 Å². The first-order valence-corrected chi connectivity index (χ1v) is 5.38. The molecular weight excluding hydrogens is 275 g/mol. The van der Waals surface area contributed by atoms with E-state index in [1.54, 1.807) is 0 Å². The first-order chi connectivity index (χ1) is 9.32. The maximum atomic E-state index is 12.9. The molecule has 0 N–H and O–H groups in total. The maximum Gasteiger partial charge on any atom is 0.426 e. The molecule has 0 spiro atoms. The van der Waals surface area contributed by atoms with Gasteiger partial charge in [-0.15, -0.1) is 0 Å². The van der Waals surface area contributed by atoms with Gasteiger partial charge in [0.25, 0.3) is 5.91 Å². The van der Waals surface area contributed by atoms with E-state index in [1.165, 1.54) is 12.1 Å². The summed E-state index contributed by atoms with van der Waals surface area (Å²) in [5.74, 6) is -1.96. The first kappa shape index (κ1) is 13.9. The van der Waals surface area contributed by atoms with Crippen LogP contribution in [0.1, 0.15) is 15.9 Å². The van der Waals surface area contributed by atoms with Crippen LogP contribution in [-0.2, 0) is 6.18 Å². The Morgan fingerprint density at radius 1 is 1.25 bits per heavy atom. The fourth-order valence-electron chi connectivity index (χ4n) is 1.67. The lowest BCUT2D eigenvalue weighted by atomic mass is 10.00. The summed E-state index contributed by atoms with van der Waals surface area (Å²) in [6, 6.07) is 4.51. The highest BCUT2D eigenvalue weighted by atomic mass is 19.4. The molecule has 0 saturated carbocycles. The monoisotopic (exact) mass is 283 g/mol. The molecule has 0 aliphatic carbocycles. The van der Waals surface area contributed by atoms with Gasteiger partial charge in [-0.2, -0.15) is 13.2 Å². The molecule has 1 heterocycles. The minimum absolute atomic E-state index is 0.377. The number of benzene rings is 1. The molecule has 0 aliphatic heterocycles. The molecule has 1 aromatic heterocycles. The van der Waals surface area contributed by atoms with Crippen LogP contribution in [0.4, 0.5) is 13.2 Å². The summed E-state index contributed by atoms with van der Waals surface area (Å²) in [6.45, 7) is 3.35. The fourth-order valence-corrected chi connectivity index (χ4v) is 1.67. The van der Waals surface area contributed by atoms with Crippen LogP contribution in [0.15, 0.2) is 52.5 Å². The van der Waals surface area contributed by atoms with E-state index in [4.69, 9.17) is 0 Å². The van der Waals surface area contributed by atoms with Crippen LogP contribution < -0.4 is 5.76 Å². The van der Waals surface area contributed by atoms with Crippen LogP contribution in [0.5, 0.6) is 0 Å². The number of nitrogens with zero attached hydrogens (tertiary/aromatic N) is 1. The summed E-state index contributed by atoms with van der Waals surface area (Å²) in [4.78, 5) is 23.1. The second-order valence-electron chi connectivity index (χ2n) is 3.87. The number of alkyl halides is 3. The van der Waals surface area contributed by atoms with Crippen LogP contribution in [0, 0.1) is 0 Å². The van der Waals surface area contributed by atoms with Gasteiger partial charge in [-0.25, -0.2) is 9.36 Å². The minimum atomic E-state index is -4.62. The molecule has 0 saturated heterocycles. The molecule has 7 heteroatoms. The standard InChI is InChI=1S/C13H8F3NO3/c1-8(11(18)17-6-7-20-12(17)19)9-4-2-3-5-10(9)13(14,15)16/h2-7H,1H2. The number of carbonyl (C=O) groups excluding carboxylic acids is 1. The van der Waals surface area contributed by atoms with Crippen molar-refractivity contribution < 1.29 is 22.4 Å². The Balaban J connectivity index is 2.48. The van der Waals surface area contributed by atoms with E-state index < -0.39 is 29.0 Å². The lowest BCUT2D eigenvalue weighted by Gasteiger charge is -2.13. The molecule has 104 valence electrons. The molecule has 0 bridgehead atoms. The minimum Gasteiger partial charge on any atom is -0.416 e. The van der Waals surface area contributed by atoms with E-state index in [9.17, 15) is 22.8 Å². The zero-order chi connectivity index (χ0) is 14.9. The number of hydrogen-bond acceptors (Lipinski definition) is 3. The van der Waals surface area contributed by atoms with E-state index >= 15 is 0 Å². The average molecular weight is 283 g/mol. The number of halogens is 3. The Hall–Kier alpha value is -2.57. The Morgan fingerprint density at radius 2 is 1.90 bits per heavy atom. The van der Waals surface area contributed by atoms with Crippen molar-refractivity contribution in [3.63, 3.8) is 0 Å². The maximum absolute atomic E-state index is 12.9. The van der Waals surface area contributed by atoms with Crippen LogP contribution in [0.2, 0.25) is 0 Å². The smallest absolute Gasteiger partial charge is 0.416 e. The number of allylic oxidation sites excluding steroid dienone is 1. The summed E-state index contributed by atoms with van der Waals surface area (Å²) >= 11 is 0. The largest absolute Gasteiger partial charge is 0.426 e. The highest BCUT2D eigenvalue weighted by molar-refractivity contribution is 6.20. The summed E-state index contributed by atoms with van der Waals surface area (Å²) < 4.78 is 43.5. The van der Waals surface area contributed by atoms with Crippen molar-refractivity contribution in [2.45, 2.75) is 6.18 Å². The summed E-state index contributed by atoms with van der Waals surface area (Å²) in [7, 11) is 0. The zero-order valence-electron chi connectivity index (χ0n) is 9.98. The Morgan fingerprint density at radius 3 is 2.45 bits per heavy atom. The molecule has 4 nitrogen and oxygen atoms in total. The molecule has 0 atom stereocenters. The number of aromatic nitrogens is 1. The van der Waals surface area contributed by atoms with E-state index in [2.05, 4.69) is 11.0 Å². The van der Waals surface area contributed by atoms with E-state index in [-0.39, 0.29) is 5.56 Å². The van der Waals surface area contributed by atoms with Crippen molar-refractivity contribution in [1.82, 2.24) is 4.57 Å². The van der Waals surface area contributed by atoms with Crippen LogP contribution in [-0.4, -0.2) is 10.5 Å². The van der Waals surface area contributed by atoms with Gasteiger partial charge >= 0.3 is 11.9 Å². The molecular formula is C13H8F3NO3. The Labute approximate surface area is 110 Å². The normalized spacial score (nSPS) is 11.3. The van der Waals surface area contributed by atoms with Gasteiger partial charge in [0.1, 0.15) is 6.26 Å². The van der Waals surface area contributed by atoms with Crippen LogP contribution in [0.25, 0.3) is 5.57 Å². The lowest BCUT2D eigenvalue weighted by molar-refractivity contribution is -0.137. The summed E-state index contributed by atoms with van der Waals surface area (Å²) in [5, 5.41) is 0. The van der Waals surface area contributed by atoms with Crippen molar-refractivity contribution in [2.75, 3.05) is 0 Å². The van der Waals surface area contributed by atoms with Gasteiger partial charge in [0, 0.05) is 5.57 Å². The quantitative estimate of drug-likeness (QED) is 0.796. The topological polar surface area (TPSA) is 52.2 Å². The second kappa shape index (κ2) is 4.84. The first-order valence-electron chi connectivity index (χ1n) is 5.38. The van der Waals surface area contributed by atoms with Gasteiger partial charge in [0.2, 0.25) is 0 Å². The van der Waals surface area contributed by atoms with Gasteiger partial charge < -0.3 is 4.42 Å². The van der Waals surface area contributed by atoms with E-state index in [1.807, 2.05) is 0 Å². The van der Waals surface area contributed by atoms with Crippen molar-refractivity contribution in [1.29, 1.82) is 0 Å². The van der Waals surface area contributed by atoms with Gasteiger partial charge in [0.05, 0.1) is 11.8 Å².